The highest BCUT2D eigenvalue weighted by Gasteiger charge is 2.11. The van der Waals surface area contributed by atoms with Crippen molar-refractivity contribution in [2.75, 3.05) is 27.3 Å². The fourth-order valence-corrected chi connectivity index (χ4v) is 1.86. The summed E-state index contributed by atoms with van der Waals surface area (Å²) in [6.07, 6.45) is 0. The second-order valence-corrected chi connectivity index (χ2v) is 4.18. The third-order valence-corrected chi connectivity index (χ3v) is 2.95. The lowest BCUT2D eigenvalue weighted by Crippen LogP contribution is -2.39. The molecule has 1 aromatic carbocycles. The van der Waals surface area contributed by atoms with Gasteiger partial charge in [0.1, 0.15) is 0 Å². The maximum absolute atomic E-state index is 5.07. The molecule has 0 unspecified atom stereocenters. The highest BCUT2D eigenvalue weighted by molar-refractivity contribution is 5.80. The molecule has 0 amide bonds. The minimum absolute atomic E-state index is 0.712. The average molecular weight is 233 g/mol. The van der Waals surface area contributed by atoms with E-state index in [-0.39, 0.29) is 0 Å². The molecule has 1 N–H and O–H groups in total. The quantitative estimate of drug-likeness (QED) is 0.853. The molecule has 0 spiro atoms. The summed E-state index contributed by atoms with van der Waals surface area (Å²) in [6, 6.07) is 8.42. The minimum Gasteiger partial charge on any atom is -0.383 e. The number of ether oxygens (including phenoxy) is 1. The molecule has 0 saturated carbocycles. The Balaban J connectivity index is 2.03. The van der Waals surface area contributed by atoms with Crippen LogP contribution in [-0.4, -0.2) is 38.2 Å². The highest BCUT2D eigenvalue weighted by atomic mass is 16.5. The Morgan fingerprint density at radius 1 is 1.35 bits per heavy atom. The van der Waals surface area contributed by atoms with Gasteiger partial charge in [-0.25, -0.2) is 4.99 Å². The van der Waals surface area contributed by atoms with E-state index in [1.54, 1.807) is 7.11 Å². The number of guanidine groups is 1. The van der Waals surface area contributed by atoms with E-state index >= 15 is 0 Å². The van der Waals surface area contributed by atoms with Crippen LogP contribution in [0.15, 0.2) is 29.3 Å². The summed E-state index contributed by atoms with van der Waals surface area (Å²) in [4.78, 5) is 6.69. The fraction of sp³-hybridized carbons (Fsp3) is 0.462. The van der Waals surface area contributed by atoms with Crippen molar-refractivity contribution in [2.45, 2.75) is 13.1 Å². The predicted molar refractivity (Wildman–Crippen MR) is 68.9 cm³/mol. The van der Waals surface area contributed by atoms with Gasteiger partial charge in [0.15, 0.2) is 5.96 Å². The number of rotatable bonds is 3. The van der Waals surface area contributed by atoms with Gasteiger partial charge in [0, 0.05) is 27.2 Å². The van der Waals surface area contributed by atoms with Crippen LogP contribution in [0.5, 0.6) is 0 Å². The van der Waals surface area contributed by atoms with Gasteiger partial charge >= 0.3 is 0 Å². The molecule has 4 nitrogen and oxygen atoms in total. The predicted octanol–water partition coefficient (Wildman–Crippen LogP) is 1.22. The van der Waals surface area contributed by atoms with Crippen LogP contribution >= 0.6 is 0 Å². The number of hydrogen-bond acceptors (Lipinski definition) is 4. The molecule has 4 heteroatoms. The molecule has 92 valence electrons. The van der Waals surface area contributed by atoms with Gasteiger partial charge in [-0.05, 0) is 11.1 Å². The number of benzene rings is 1. The second-order valence-electron chi connectivity index (χ2n) is 4.18. The van der Waals surface area contributed by atoms with Crippen molar-refractivity contribution >= 4 is 5.96 Å². The molecule has 0 radical (unpaired) electrons. The fourth-order valence-electron chi connectivity index (χ4n) is 1.86. The molecule has 1 aliphatic rings. The van der Waals surface area contributed by atoms with E-state index in [4.69, 9.17) is 4.74 Å². The van der Waals surface area contributed by atoms with Crippen LogP contribution in [-0.2, 0) is 17.8 Å². The topological polar surface area (TPSA) is 36.9 Å². The minimum atomic E-state index is 0.712. The first-order chi connectivity index (χ1) is 8.31. The van der Waals surface area contributed by atoms with E-state index in [1.165, 1.54) is 11.1 Å². The number of hydrogen-bond donors (Lipinski definition) is 1. The first kappa shape index (κ1) is 11.9. The number of likely N-dealkylation sites (N-methyl/N-ethyl adjacent to an activating group) is 1. The zero-order valence-corrected chi connectivity index (χ0v) is 10.4. The van der Waals surface area contributed by atoms with Crippen LogP contribution in [0, 0.1) is 0 Å². The number of nitrogens with one attached hydrogen (secondary N) is 1. The smallest absolute Gasteiger partial charge is 0.194 e. The zero-order chi connectivity index (χ0) is 12.1. The molecule has 0 saturated heterocycles. The molecule has 1 heterocycles. The van der Waals surface area contributed by atoms with Crippen molar-refractivity contribution < 1.29 is 4.74 Å². The monoisotopic (exact) mass is 233 g/mol. The average Bonchev–Trinajstić information content (AvgIpc) is 2.58. The van der Waals surface area contributed by atoms with Gasteiger partial charge in [-0.3, -0.25) is 0 Å². The Hall–Kier alpha value is -1.55. The van der Waals surface area contributed by atoms with Crippen LogP contribution in [0.3, 0.4) is 0 Å². The van der Waals surface area contributed by atoms with Crippen molar-refractivity contribution in [2.24, 2.45) is 4.99 Å². The van der Waals surface area contributed by atoms with E-state index < -0.39 is 0 Å². The van der Waals surface area contributed by atoms with Crippen molar-refractivity contribution in [3.05, 3.63) is 35.4 Å². The Labute approximate surface area is 102 Å². The van der Waals surface area contributed by atoms with Crippen molar-refractivity contribution in [1.82, 2.24) is 10.2 Å². The van der Waals surface area contributed by atoms with Crippen LogP contribution in [0.25, 0.3) is 0 Å². The van der Waals surface area contributed by atoms with Gasteiger partial charge in [0.2, 0.25) is 0 Å². The SMILES string of the molecule is COCCN(C)C1=NCc2ccccc2CN1. The molecule has 17 heavy (non-hydrogen) atoms. The summed E-state index contributed by atoms with van der Waals surface area (Å²) in [5.74, 6) is 0.943. The summed E-state index contributed by atoms with van der Waals surface area (Å²) in [6.45, 7) is 3.14. The first-order valence-corrected chi connectivity index (χ1v) is 5.86. The largest absolute Gasteiger partial charge is 0.383 e. The standard InChI is InChI=1S/C13H19N3O/c1-16(7-8-17-2)13-14-9-11-5-3-4-6-12(11)10-15-13/h3-6H,7-10H2,1-2H3,(H,14,15). The summed E-state index contributed by atoms with van der Waals surface area (Å²) < 4.78 is 5.07. The Morgan fingerprint density at radius 3 is 2.88 bits per heavy atom. The van der Waals surface area contributed by atoms with Crippen LogP contribution in [0.1, 0.15) is 11.1 Å². The van der Waals surface area contributed by atoms with Crippen molar-refractivity contribution in [1.29, 1.82) is 0 Å². The van der Waals surface area contributed by atoms with Crippen molar-refractivity contribution in [3.8, 4) is 0 Å². The van der Waals surface area contributed by atoms with Gasteiger partial charge in [-0.1, -0.05) is 24.3 Å². The lowest BCUT2D eigenvalue weighted by atomic mass is 10.1. The van der Waals surface area contributed by atoms with Crippen molar-refractivity contribution in [3.63, 3.8) is 0 Å². The highest BCUT2D eigenvalue weighted by Crippen LogP contribution is 2.12. The maximum Gasteiger partial charge on any atom is 0.194 e. The summed E-state index contributed by atoms with van der Waals surface area (Å²) >= 11 is 0. The summed E-state index contributed by atoms with van der Waals surface area (Å²) in [7, 11) is 3.74. The van der Waals surface area contributed by atoms with E-state index in [2.05, 4.69) is 39.5 Å². The third-order valence-electron chi connectivity index (χ3n) is 2.95. The molecular formula is C13H19N3O. The lowest BCUT2D eigenvalue weighted by molar-refractivity contribution is 0.181. The van der Waals surface area contributed by atoms with Gasteiger partial charge in [0.05, 0.1) is 13.2 Å². The van der Waals surface area contributed by atoms with Crippen LogP contribution in [0.4, 0.5) is 0 Å². The Bertz CT molecular complexity index is 403. The second kappa shape index (κ2) is 5.68. The molecule has 1 aromatic rings. The van der Waals surface area contributed by atoms with Gasteiger partial charge in [-0.15, -0.1) is 0 Å². The molecule has 0 bridgehead atoms. The molecule has 1 aliphatic heterocycles. The molecule has 2 rings (SSSR count). The molecular weight excluding hydrogens is 214 g/mol. The molecule has 0 fully saturated rings. The maximum atomic E-state index is 5.07. The first-order valence-electron chi connectivity index (χ1n) is 5.86. The summed E-state index contributed by atoms with van der Waals surface area (Å²) in [5.41, 5.74) is 2.63. The van der Waals surface area contributed by atoms with E-state index in [0.717, 1.165) is 25.6 Å². The lowest BCUT2D eigenvalue weighted by Gasteiger charge is -2.20. The summed E-state index contributed by atoms with van der Waals surface area (Å²) in [5, 5.41) is 3.37. The van der Waals surface area contributed by atoms with Gasteiger partial charge in [0.25, 0.3) is 0 Å². The normalized spacial score (nSPS) is 14.4. The number of aliphatic imine (C=N–C) groups is 1. The number of fused-ring (bicyclic) bond motifs is 1. The molecule has 0 atom stereocenters. The number of nitrogens with zero attached hydrogens (tertiary/aromatic N) is 2. The van der Waals surface area contributed by atoms with E-state index in [0.29, 0.717) is 6.61 Å². The van der Waals surface area contributed by atoms with Crippen LogP contribution < -0.4 is 5.32 Å². The molecule has 0 aromatic heterocycles. The molecule has 0 aliphatic carbocycles. The van der Waals surface area contributed by atoms with Crippen LogP contribution in [0.2, 0.25) is 0 Å². The Kier molecular flexibility index (Phi) is 3.98. The van der Waals surface area contributed by atoms with Gasteiger partial charge in [-0.2, -0.15) is 0 Å². The number of methoxy groups -OCH3 is 1. The van der Waals surface area contributed by atoms with E-state index in [1.807, 2.05) is 7.05 Å². The third kappa shape index (κ3) is 2.97. The van der Waals surface area contributed by atoms with E-state index in [9.17, 15) is 0 Å². The zero-order valence-electron chi connectivity index (χ0n) is 10.4. The van der Waals surface area contributed by atoms with Gasteiger partial charge < -0.3 is 15.0 Å². The Morgan fingerprint density at radius 2 is 2.12 bits per heavy atom.